The molecular formula is C31H35BrN2O2. The molecular weight excluding hydrogens is 512 g/mol. The van der Waals surface area contributed by atoms with Crippen molar-refractivity contribution in [2.24, 2.45) is 0 Å². The quantitative estimate of drug-likeness (QED) is 0.238. The maximum absolute atomic E-state index is 12.6. The Bertz CT molecular complexity index is 1290. The topological polar surface area (TPSA) is 45.6 Å². The highest BCUT2D eigenvalue weighted by atomic mass is 79.9. The molecule has 1 N–H and O–H groups in total. The Morgan fingerprint density at radius 2 is 1.64 bits per heavy atom. The summed E-state index contributed by atoms with van der Waals surface area (Å²) in [5.41, 5.74) is 4.15. The molecule has 4 aromatic rings. The molecule has 0 radical (unpaired) electrons. The van der Waals surface area contributed by atoms with Crippen molar-refractivity contribution in [1.82, 2.24) is 9.88 Å². The fourth-order valence-corrected chi connectivity index (χ4v) is 5.29. The lowest BCUT2D eigenvalue weighted by molar-refractivity contribution is 0.000777. The van der Waals surface area contributed by atoms with Gasteiger partial charge in [0.1, 0.15) is 0 Å². The van der Waals surface area contributed by atoms with E-state index in [0.29, 0.717) is 18.7 Å². The van der Waals surface area contributed by atoms with Gasteiger partial charge >= 0.3 is 0 Å². The predicted molar refractivity (Wildman–Crippen MR) is 152 cm³/mol. The molecule has 36 heavy (non-hydrogen) atoms. The van der Waals surface area contributed by atoms with Crippen LogP contribution in [0.15, 0.2) is 83.3 Å². The van der Waals surface area contributed by atoms with Crippen molar-refractivity contribution in [2.75, 3.05) is 27.7 Å². The van der Waals surface area contributed by atoms with E-state index in [9.17, 15) is 5.11 Å². The van der Waals surface area contributed by atoms with E-state index in [0.717, 1.165) is 45.0 Å². The van der Waals surface area contributed by atoms with Crippen LogP contribution in [0.1, 0.15) is 41.0 Å². The SMILES string of the molecule is COc1nc2cc(C)c(Br)cc2cc1C(c1ccccc1)C(O)(CCc1ccccc1)CCN(C)C. The van der Waals surface area contributed by atoms with Crippen molar-refractivity contribution < 1.29 is 9.84 Å². The number of nitrogens with zero attached hydrogens (tertiary/aromatic N) is 2. The van der Waals surface area contributed by atoms with Crippen molar-refractivity contribution in [2.45, 2.75) is 37.7 Å². The van der Waals surface area contributed by atoms with Gasteiger partial charge < -0.3 is 14.7 Å². The number of pyridine rings is 1. The van der Waals surface area contributed by atoms with E-state index in [-0.39, 0.29) is 5.92 Å². The van der Waals surface area contributed by atoms with Crippen LogP contribution in [-0.4, -0.2) is 48.3 Å². The van der Waals surface area contributed by atoms with Crippen LogP contribution in [0.5, 0.6) is 5.88 Å². The number of benzene rings is 3. The average molecular weight is 548 g/mol. The molecule has 2 unspecified atom stereocenters. The van der Waals surface area contributed by atoms with Gasteiger partial charge in [0.15, 0.2) is 0 Å². The van der Waals surface area contributed by atoms with Crippen LogP contribution in [-0.2, 0) is 6.42 Å². The first-order valence-corrected chi connectivity index (χ1v) is 13.2. The zero-order valence-electron chi connectivity index (χ0n) is 21.5. The maximum atomic E-state index is 12.6. The molecule has 0 aliphatic rings. The van der Waals surface area contributed by atoms with Gasteiger partial charge in [0, 0.05) is 27.9 Å². The molecule has 0 saturated carbocycles. The van der Waals surface area contributed by atoms with Crippen LogP contribution in [0.3, 0.4) is 0 Å². The summed E-state index contributed by atoms with van der Waals surface area (Å²) < 4.78 is 6.90. The number of fused-ring (bicyclic) bond motifs is 1. The van der Waals surface area contributed by atoms with Crippen molar-refractivity contribution in [3.05, 3.63) is 106 Å². The van der Waals surface area contributed by atoms with Gasteiger partial charge in [-0.15, -0.1) is 0 Å². The van der Waals surface area contributed by atoms with Gasteiger partial charge in [-0.25, -0.2) is 4.98 Å². The second kappa shape index (κ2) is 11.5. The van der Waals surface area contributed by atoms with Crippen molar-refractivity contribution in [3.63, 3.8) is 0 Å². The highest BCUT2D eigenvalue weighted by Gasteiger charge is 2.40. The lowest BCUT2D eigenvalue weighted by atomic mass is 9.72. The first-order valence-electron chi connectivity index (χ1n) is 12.4. The first-order chi connectivity index (χ1) is 17.3. The highest BCUT2D eigenvalue weighted by Crippen LogP contribution is 2.44. The summed E-state index contributed by atoms with van der Waals surface area (Å²) in [4.78, 5) is 7.03. The monoisotopic (exact) mass is 546 g/mol. The molecule has 5 heteroatoms. The Hall–Kier alpha value is -2.73. The largest absolute Gasteiger partial charge is 0.481 e. The third-order valence-corrected chi connectivity index (χ3v) is 7.80. The number of aryl methyl sites for hydroxylation is 2. The first kappa shape index (κ1) is 26.3. The summed E-state index contributed by atoms with van der Waals surface area (Å²) in [6.45, 7) is 2.82. The van der Waals surface area contributed by atoms with Crippen LogP contribution < -0.4 is 4.74 Å². The number of methoxy groups -OCH3 is 1. The van der Waals surface area contributed by atoms with E-state index in [1.165, 1.54) is 5.56 Å². The smallest absolute Gasteiger partial charge is 0.217 e. The van der Waals surface area contributed by atoms with E-state index in [1.54, 1.807) is 7.11 Å². The lowest BCUT2D eigenvalue weighted by Crippen LogP contribution is -2.40. The summed E-state index contributed by atoms with van der Waals surface area (Å²) in [5.74, 6) is 0.246. The molecule has 0 aliphatic carbocycles. The molecule has 4 rings (SSSR count). The standard InChI is InChI=1S/C31H35BrN2O2/c1-22-19-28-25(21-27(22)32)20-26(30(33-28)36-4)29(24-13-9-6-10-14-24)31(35,17-18-34(2)3)16-15-23-11-7-5-8-12-23/h5-14,19-21,29,35H,15-18H2,1-4H3. The molecule has 0 amide bonds. The zero-order chi connectivity index (χ0) is 25.7. The number of hydrogen-bond acceptors (Lipinski definition) is 4. The Kier molecular flexibility index (Phi) is 8.45. The molecule has 3 aromatic carbocycles. The molecule has 2 atom stereocenters. The molecule has 188 valence electrons. The third-order valence-electron chi connectivity index (χ3n) is 6.94. The average Bonchev–Trinajstić information content (AvgIpc) is 2.88. The van der Waals surface area contributed by atoms with Crippen LogP contribution in [0.25, 0.3) is 10.9 Å². The van der Waals surface area contributed by atoms with Crippen molar-refractivity contribution in [1.29, 1.82) is 0 Å². The van der Waals surface area contributed by atoms with Gasteiger partial charge in [-0.3, -0.25) is 0 Å². The van der Waals surface area contributed by atoms with Crippen LogP contribution in [0.2, 0.25) is 0 Å². The minimum Gasteiger partial charge on any atom is -0.481 e. The molecule has 0 aliphatic heterocycles. The Labute approximate surface area is 223 Å². The summed E-state index contributed by atoms with van der Waals surface area (Å²) >= 11 is 3.68. The van der Waals surface area contributed by atoms with E-state index < -0.39 is 5.60 Å². The van der Waals surface area contributed by atoms with Crippen LogP contribution in [0.4, 0.5) is 0 Å². The number of ether oxygens (including phenoxy) is 1. The Balaban J connectivity index is 1.89. The van der Waals surface area contributed by atoms with Gasteiger partial charge in [0.2, 0.25) is 5.88 Å². The van der Waals surface area contributed by atoms with Gasteiger partial charge in [-0.05, 0) is 75.2 Å². The molecule has 0 spiro atoms. The molecule has 0 bridgehead atoms. The minimum absolute atomic E-state index is 0.311. The normalized spacial score (nSPS) is 14.1. The van der Waals surface area contributed by atoms with E-state index in [2.05, 4.69) is 82.4 Å². The summed E-state index contributed by atoms with van der Waals surface area (Å²) in [5, 5.41) is 13.6. The number of aliphatic hydroxyl groups is 1. The minimum atomic E-state index is -1.02. The number of halogens is 1. The van der Waals surface area contributed by atoms with Gasteiger partial charge in [0.05, 0.1) is 18.2 Å². The van der Waals surface area contributed by atoms with Gasteiger partial charge in [0.25, 0.3) is 0 Å². The Morgan fingerprint density at radius 1 is 0.972 bits per heavy atom. The Morgan fingerprint density at radius 3 is 2.28 bits per heavy atom. The summed E-state index contributed by atoms with van der Waals surface area (Å²) in [6.07, 6.45) is 2.01. The van der Waals surface area contributed by atoms with Crippen molar-refractivity contribution >= 4 is 26.8 Å². The van der Waals surface area contributed by atoms with Crippen LogP contribution in [0, 0.1) is 6.92 Å². The number of hydrogen-bond donors (Lipinski definition) is 1. The predicted octanol–water partition coefficient (Wildman–Crippen LogP) is 6.76. The highest BCUT2D eigenvalue weighted by molar-refractivity contribution is 9.10. The summed E-state index contributed by atoms with van der Waals surface area (Å²) in [7, 11) is 5.76. The zero-order valence-corrected chi connectivity index (χ0v) is 23.1. The van der Waals surface area contributed by atoms with E-state index >= 15 is 0 Å². The maximum Gasteiger partial charge on any atom is 0.217 e. The molecule has 0 saturated heterocycles. The number of aromatic nitrogens is 1. The third kappa shape index (κ3) is 5.97. The summed E-state index contributed by atoms with van der Waals surface area (Å²) in [6, 6.07) is 27.0. The van der Waals surface area contributed by atoms with E-state index in [4.69, 9.17) is 9.72 Å². The lowest BCUT2D eigenvalue weighted by Gasteiger charge is -2.38. The second-order valence-corrected chi connectivity index (χ2v) is 10.7. The van der Waals surface area contributed by atoms with Gasteiger partial charge in [-0.2, -0.15) is 0 Å². The fourth-order valence-electron chi connectivity index (χ4n) is 4.93. The molecule has 1 heterocycles. The van der Waals surface area contributed by atoms with Crippen molar-refractivity contribution in [3.8, 4) is 5.88 Å². The van der Waals surface area contributed by atoms with Crippen LogP contribution >= 0.6 is 15.9 Å². The second-order valence-electron chi connectivity index (χ2n) is 9.87. The molecule has 0 fully saturated rings. The molecule has 1 aromatic heterocycles. The number of rotatable bonds is 10. The fraction of sp³-hybridized carbons (Fsp3) is 0.323. The van der Waals surface area contributed by atoms with Gasteiger partial charge in [-0.1, -0.05) is 76.6 Å². The van der Waals surface area contributed by atoms with E-state index in [1.807, 2.05) is 38.4 Å². The molecule has 4 nitrogen and oxygen atoms in total.